The first-order valence-corrected chi connectivity index (χ1v) is 14.4. The molecule has 1 aliphatic rings. The third kappa shape index (κ3) is 4.18. The maximum atomic E-state index is 6.52. The quantitative estimate of drug-likeness (QED) is 0.217. The first-order valence-electron chi connectivity index (χ1n) is 14.4. The molecule has 0 N–H and O–H groups in total. The summed E-state index contributed by atoms with van der Waals surface area (Å²) in [7, 11) is 0. The minimum Gasteiger partial charge on any atom is -0.456 e. The Balaban J connectivity index is 1.23. The van der Waals surface area contributed by atoms with Gasteiger partial charge in [-0.15, -0.1) is 0 Å². The molecule has 0 saturated carbocycles. The highest BCUT2D eigenvalue weighted by Crippen LogP contribution is 2.42. The lowest BCUT2D eigenvalue weighted by Gasteiger charge is -2.26. The average Bonchev–Trinajstić information content (AvgIpc) is 3.46. The van der Waals surface area contributed by atoms with Crippen molar-refractivity contribution in [2.45, 2.75) is 12.8 Å². The molecule has 3 nitrogen and oxygen atoms in total. The van der Waals surface area contributed by atoms with Crippen molar-refractivity contribution in [1.82, 2.24) is 4.98 Å². The second kappa shape index (κ2) is 10.2. The smallest absolute Gasteiger partial charge is 0.143 e. The van der Waals surface area contributed by atoms with Crippen molar-refractivity contribution < 1.29 is 4.42 Å². The van der Waals surface area contributed by atoms with E-state index in [1.54, 1.807) is 0 Å². The summed E-state index contributed by atoms with van der Waals surface area (Å²) in [5.74, 6) is 0.972. The van der Waals surface area contributed by atoms with E-state index in [0.717, 1.165) is 57.8 Å². The lowest BCUT2D eigenvalue weighted by molar-refractivity contribution is 0.596. The third-order valence-electron chi connectivity index (χ3n) is 8.22. The molecule has 0 amide bonds. The van der Waals surface area contributed by atoms with Crippen LogP contribution in [0.15, 0.2) is 144 Å². The van der Waals surface area contributed by atoms with Gasteiger partial charge in [0.1, 0.15) is 11.3 Å². The fourth-order valence-electron chi connectivity index (χ4n) is 6.18. The molecule has 0 saturated heterocycles. The molecule has 0 radical (unpaired) electrons. The molecule has 0 aliphatic heterocycles. The summed E-state index contributed by atoms with van der Waals surface area (Å²) < 4.78 is 6.52. The van der Waals surface area contributed by atoms with E-state index in [4.69, 9.17) is 4.42 Å². The molecule has 2 aromatic heterocycles. The van der Waals surface area contributed by atoms with Gasteiger partial charge in [-0.1, -0.05) is 78.9 Å². The van der Waals surface area contributed by atoms with E-state index in [2.05, 4.69) is 143 Å². The van der Waals surface area contributed by atoms with Crippen molar-refractivity contribution in [3.05, 3.63) is 151 Å². The number of benzene rings is 5. The zero-order chi connectivity index (χ0) is 27.9. The minimum atomic E-state index is 0.941. The van der Waals surface area contributed by atoms with Gasteiger partial charge in [-0.05, 0) is 89.5 Å². The van der Waals surface area contributed by atoms with Crippen molar-refractivity contribution in [2.24, 2.45) is 0 Å². The molecule has 1 aliphatic carbocycles. The molecule has 2 heterocycles. The van der Waals surface area contributed by atoms with Crippen LogP contribution < -0.4 is 4.90 Å². The molecule has 0 bridgehead atoms. The van der Waals surface area contributed by atoms with Crippen LogP contribution in [0.1, 0.15) is 17.7 Å². The van der Waals surface area contributed by atoms with Crippen LogP contribution in [0.4, 0.5) is 17.1 Å². The van der Waals surface area contributed by atoms with E-state index in [9.17, 15) is 0 Å². The van der Waals surface area contributed by atoms with E-state index in [-0.39, 0.29) is 0 Å². The predicted molar refractivity (Wildman–Crippen MR) is 174 cm³/mol. The molecule has 0 atom stereocenters. The maximum Gasteiger partial charge on any atom is 0.143 e. The number of allylic oxidation sites excluding steroid dienone is 1. The Bertz CT molecular complexity index is 2060. The third-order valence-corrected chi connectivity index (χ3v) is 8.22. The van der Waals surface area contributed by atoms with Crippen LogP contribution in [-0.4, -0.2) is 4.98 Å². The van der Waals surface area contributed by atoms with Gasteiger partial charge >= 0.3 is 0 Å². The Morgan fingerprint density at radius 2 is 1.29 bits per heavy atom. The number of nitrogens with zero attached hydrogens (tertiary/aromatic N) is 2. The molecule has 0 fully saturated rings. The van der Waals surface area contributed by atoms with Crippen LogP contribution in [0.3, 0.4) is 0 Å². The second-order valence-corrected chi connectivity index (χ2v) is 10.7. The van der Waals surface area contributed by atoms with Crippen LogP contribution >= 0.6 is 0 Å². The molecule has 200 valence electrons. The SMILES string of the molecule is C1=Cc2oc3c(-c4ccc(N(c5ccccc5)c5ccc(-c6ccccc6)cc5)cc4)cc4ccncc4c3c2CC1. The number of rotatable bonds is 5. The van der Waals surface area contributed by atoms with Crippen LogP contribution in [-0.2, 0) is 6.42 Å². The monoisotopic (exact) mass is 540 g/mol. The van der Waals surface area contributed by atoms with Gasteiger partial charge in [0.25, 0.3) is 0 Å². The average molecular weight is 541 g/mol. The number of hydrogen-bond donors (Lipinski definition) is 0. The van der Waals surface area contributed by atoms with Crippen LogP contribution in [0.2, 0.25) is 0 Å². The number of pyridine rings is 1. The van der Waals surface area contributed by atoms with E-state index in [0.29, 0.717) is 0 Å². The Morgan fingerprint density at radius 3 is 2.02 bits per heavy atom. The number of aryl methyl sites for hydroxylation is 1. The summed E-state index contributed by atoms with van der Waals surface area (Å²) in [6, 6.07) is 43.0. The summed E-state index contributed by atoms with van der Waals surface area (Å²) in [5.41, 5.74) is 10.2. The zero-order valence-corrected chi connectivity index (χ0v) is 23.1. The van der Waals surface area contributed by atoms with E-state index >= 15 is 0 Å². The van der Waals surface area contributed by atoms with Crippen molar-refractivity contribution in [1.29, 1.82) is 0 Å². The summed E-state index contributed by atoms with van der Waals surface area (Å²) in [4.78, 5) is 6.74. The standard InChI is InChI=1S/C39H28N2O/c1-3-9-27(10-4-1)28-15-19-32(20-16-28)41(31-11-5-2-6-12-31)33-21-17-29(18-22-33)35-25-30-23-24-40-26-36(30)38-34-13-7-8-14-37(34)42-39(35)38/h1-6,8-12,14-26H,7,13H2. The van der Waals surface area contributed by atoms with Gasteiger partial charge in [0.05, 0.1) is 0 Å². The highest BCUT2D eigenvalue weighted by molar-refractivity contribution is 6.14. The molecule has 42 heavy (non-hydrogen) atoms. The highest BCUT2D eigenvalue weighted by Gasteiger charge is 2.21. The van der Waals surface area contributed by atoms with Crippen molar-refractivity contribution in [2.75, 3.05) is 4.90 Å². The first-order chi connectivity index (χ1) is 20.8. The van der Waals surface area contributed by atoms with E-state index in [1.165, 1.54) is 27.5 Å². The molecular weight excluding hydrogens is 512 g/mol. The summed E-state index contributed by atoms with van der Waals surface area (Å²) in [6.07, 6.45) is 10.2. The van der Waals surface area contributed by atoms with Gasteiger partial charge in [0.15, 0.2) is 0 Å². The zero-order valence-electron chi connectivity index (χ0n) is 23.1. The Hall–Kier alpha value is -5.41. The molecule has 8 rings (SSSR count). The lowest BCUT2D eigenvalue weighted by Crippen LogP contribution is -2.09. The molecule has 7 aromatic rings. The van der Waals surface area contributed by atoms with Gasteiger partial charge in [-0.3, -0.25) is 4.98 Å². The van der Waals surface area contributed by atoms with E-state index < -0.39 is 0 Å². The molecule has 0 unspecified atom stereocenters. The van der Waals surface area contributed by atoms with Gasteiger partial charge in [0, 0.05) is 51.4 Å². The molecule has 5 aromatic carbocycles. The predicted octanol–water partition coefficient (Wildman–Crippen LogP) is 10.7. The Labute approximate surface area is 245 Å². The molecule has 3 heteroatoms. The number of fused-ring (bicyclic) bond motifs is 5. The van der Waals surface area contributed by atoms with Crippen molar-refractivity contribution in [3.63, 3.8) is 0 Å². The summed E-state index contributed by atoms with van der Waals surface area (Å²) >= 11 is 0. The van der Waals surface area contributed by atoms with Crippen LogP contribution in [0, 0.1) is 0 Å². The molecular formula is C39H28N2O. The van der Waals surface area contributed by atoms with Gasteiger partial charge in [-0.25, -0.2) is 0 Å². The summed E-state index contributed by atoms with van der Waals surface area (Å²) in [5, 5.41) is 3.53. The van der Waals surface area contributed by atoms with Gasteiger partial charge in [-0.2, -0.15) is 0 Å². The fraction of sp³-hybridized carbons (Fsp3) is 0.0513. The topological polar surface area (TPSA) is 29.3 Å². The van der Waals surface area contributed by atoms with Crippen LogP contribution in [0.25, 0.3) is 50.1 Å². The minimum absolute atomic E-state index is 0.941. The van der Waals surface area contributed by atoms with Crippen molar-refractivity contribution in [3.8, 4) is 22.3 Å². The number of anilines is 3. The molecule has 0 spiro atoms. The first kappa shape index (κ1) is 24.4. The highest BCUT2D eigenvalue weighted by atomic mass is 16.3. The number of aromatic nitrogens is 1. The summed E-state index contributed by atoms with van der Waals surface area (Å²) in [6.45, 7) is 0. The van der Waals surface area contributed by atoms with Crippen molar-refractivity contribution >= 4 is 44.9 Å². The number of para-hydroxylation sites is 1. The largest absolute Gasteiger partial charge is 0.456 e. The fourth-order valence-corrected chi connectivity index (χ4v) is 6.18. The Morgan fingerprint density at radius 1 is 0.643 bits per heavy atom. The maximum absolute atomic E-state index is 6.52. The van der Waals surface area contributed by atoms with Crippen LogP contribution in [0.5, 0.6) is 0 Å². The van der Waals surface area contributed by atoms with Gasteiger partial charge in [0.2, 0.25) is 0 Å². The number of hydrogen-bond acceptors (Lipinski definition) is 3. The second-order valence-electron chi connectivity index (χ2n) is 10.7. The lowest BCUT2D eigenvalue weighted by atomic mass is 9.94. The van der Waals surface area contributed by atoms with Gasteiger partial charge < -0.3 is 9.32 Å². The van der Waals surface area contributed by atoms with E-state index in [1.807, 2.05) is 12.4 Å². The Kier molecular flexibility index (Phi) is 5.93. The number of furan rings is 1. The normalized spacial score (nSPS) is 12.5.